The normalized spacial score (nSPS) is 11.5. The second kappa shape index (κ2) is 8.37. The van der Waals surface area contributed by atoms with E-state index in [9.17, 15) is 4.79 Å². The van der Waals surface area contributed by atoms with Crippen LogP contribution < -0.4 is 15.5 Å². The highest BCUT2D eigenvalue weighted by Crippen LogP contribution is 2.31. The second-order valence-corrected chi connectivity index (χ2v) is 7.63. The molecular weight excluding hydrogens is 376 g/mol. The van der Waals surface area contributed by atoms with Gasteiger partial charge in [-0.15, -0.1) is 11.3 Å². The van der Waals surface area contributed by atoms with Gasteiger partial charge in [-0.2, -0.15) is 5.10 Å². The van der Waals surface area contributed by atoms with E-state index < -0.39 is 11.7 Å². The van der Waals surface area contributed by atoms with Crippen LogP contribution in [0.15, 0.2) is 22.6 Å². The molecule has 0 aliphatic heterocycles. The van der Waals surface area contributed by atoms with E-state index in [1.165, 1.54) is 24.7 Å². The number of thiazole rings is 1. The molecule has 0 spiro atoms. The third-order valence-electron chi connectivity index (χ3n) is 2.94. The average Bonchev–Trinajstić information content (AvgIpc) is 2.93. The number of halogens is 1. The molecule has 140 valence electrons. The van der Waals surface area contributed by atoms with E-state index in [1.54, 1.807) is 32.9 Å². The van der Waals surface area contributed by atoms with Gasteiger partial charge >= 0.3 is 6.09 Å². The highest BCUT2D eigenvalue weighted by Gasteiger charge is 2.18. The first-order valence-electron chi connectivity index (χ1n) is 7.76. The van der Waals surface area contributed by atoms with E-state index in [0.717, 1.165) is 5.69 Å². The van der Waals surface area contributed by atoms with E-state index in [-0.39, 0.29) is 0 Å². The maximum Gasteiger partial charge on any atom is 0.412 e. The Kier molecular flexibility index (Phi) is 6.44. The minimum Gasteiger partial charge on any atom is -0.495 e. The minimum atomic E-state index is -0.612. The zero-order valence-electron chi connectivity index (χ0n) is 15.2. The van der Waals surface area contributed by atoms with Gasteiger partial charge in [0.15, 0.2) is 0 Å². The highest BCUT2D eigenvalue weighted by atomic mass is 35.5. The molecule has 2 N–H and O–H groups in total. The predicted octanol–water partition coefficient (Wildman–Crippen LogP) is 4.91. The Morgan fingerprint density at radius 3 is 2.69 bits per heavy atom. The summed E-state index contributed by atoms with van der Waals surface area (Å²) in [5.41, 5.74) is 4.18. The van der Waals surface area contributed by atoms with Crippen LogP contribution in [0.2, 0.25) is 5.02 Å². The van der Waals surface area contributed by atoms with Crippen molar-refractivity contribution in [2.24, 2.45) is 5.10 Å². The van der Waals surface area contributed by atoms with Gasteiger partial charge in [0.1, 0.15) is 11.4 Å². The number of aromatic nitrogens is 1. The number of hydrogen-bond acceptors (Lipinski definition) is 7. The standard InChI is InChI=1S/C17H21ClN4O3S/c1-10-9-26-15(20-10)22-19-8-11-6-12(18)14(24-5)7-13(11)21-16(23)25-17(2,3)4/h6-9H,1-5H3,(H,20,22)(H,21,23). The number of methoxy groups -OCH3 is 1. The maximum absolute atomic E-state index is 12.1. The third kappa shape index (κ3) is 5.89. The van der Waals surface area contributed by atoms with Gasteiger partial charge in [-0.3, -0.25) is 10.7 Å². The Bertz CT molecular complexity index is 815. The fourth-order valence-corrected chi connectivity index (χ4v) is 2.80. The molecule has 1 aromatic carbocycles. The molecule has 0 fully saturated rings. The summed E-state index contributed by atoms with van der Waals surface area (Å²) in [4.78, 5) is 16.3. The summed E-state index contributed by atoms with van der Waals surface area (Å²) in [6.45, 7) is 7.27. The first-order valence-corrected chi connectivity index (χ1v) is 9.02. The van der Waals surface area contributed by atoms with Crippen molar-refractivity contribution < 1.29 is 14.3 Å². The van der Waals surface area contributed by atoms with Crippen LogP contribution in [0.1, 0.15) is 32.0 Å². The first kappa shape index (κ1) is 20.0. The van der Waals surface area contributed by atoms with Crippen molar-refractivity contribution in [3.63, 3.8) is 0 Å². The SMILES string of the molecule is COc1cc(NC(=O)OC(C)(C)C)c(C=NNc2nc(C)cs2)cc1Cl. The second-order valence-electron chi connectivity index (χ2n) is 6.36. The van der Waals surface area contributed by atoms with E-state index in [1.807, 2.05) is 12.3 Å². The number of ether oxygens (including phenoxy) is 2. The Morgan fingerprint density at radius 2 is 2.12 bits per heavy atom. The van der Waals surface area contributed by atoms with Gasteiger partial charge in [-0.05, 0) is 33.8 Å². The monoisotopic (exact) mass is 396 g/mol. The Labute approximate surface area is 161 Å². The van der Waals surface area contributed by atoms with E-state index in [0.29, 0.717) is 27.2 Å². The van der Waals surface area contributed by atoms with Gasteiger partial charge in [0, 0.05) is 17.0 Å². The maximum atomic E-state index is 12.1. The molecule has 0 unspecified atom stereocenters. The van der Waals surface area contributed by atoms with E-state index in [2.05, 4.69) is 20.8 Å². The van der Waals surface area contributed by atoms with Crippen molar-refractivity contribution in [2.45, 2.75) is 33.3 Å². The smallest absolute Gasteiger partial charge is 0.412 e. The highest BCUT2D eigenvalue weighted by molar-refractivity contribution is 7.13. The number of carbonyl (C=O) groups is 1. The molecule has 2 aromatic rings. The summed E-state index contributed by atoms with van der Waals surface area (Å²) in [5.74, 6) is 0.429. The van der Waals surface area contributed by atoms with Crippen molar-refractivity contribution in [1.29, 1.82) is 0 Å². The number of aryl methyl sites for hydroxylation is 1. The summed E-state index contributed by atoms with van der Waals surface area (Å²) in [6, 6.07) is 3.26. The van der Waals surface area contributed by atoms with Crippen LogP contribution in [0, 0.1) is 6.92 Å². The molecule has 0 atom stereocenters. The van der Waals surface area contributed by atoms with Crippen LogP contribution in [0.25, 0.3) is 0 Å². The molecule has 0 saturated carbocycles. The molecule has 1 amide bonds. The Hall–Kier alpha value is -2.32. The first-order chi connectivity index (χ1) is 12.2. The lowest BCUT2D eigenvalue weighted by Crippen LogP contribution is -2.27. The number of carbonyl (C=O) groups excluding carboxylic acids is 1. The van der Waals surface area contributed by atoms with Crippen LogP contribution in [-0.4, -0.2) is 30.0 Å². The van der Waals surface area contributed by atoms with Crippen molar-refractivity contribution in [1.82, 2.24) is 4.98 Å². The van der Waals surface area contributed by atoms with Crippen LogP contribution in [-0.2, 0) is 4.74 Å². The van der Waals surface area contributed by atoms with Gasteiger partial charge < -0.3 is 9.47 Å². The molecule has 0 radical (unpaired) electrons. The van der Waals surface area contributed by atoms with Crippen LogP contribution in [0.3, 0.4) is 0 Å². The molecule has 2 rings (SSSR count). The fourth-order valence-electron chi connectivity index (χ4n) is 1.92. The third-order valence-corrected chi connectivity index (χ3v) is 4.10. The summed E-state index contributed by atoms with van der Waals surface area (Å²) in [7, 11) is 1.50. The molecular formula is C17H21ClN4O3S. The molecule has 0 saturated heterocycles. The topological polar surface area (TPSA) is 84.8 Å². The zero-order valence-corrected chi connectivity index (χ0v) is 16.8. The number of hydrazone groups is 1. The van der Waals surface area contributed by atoms with Gasteiger partial charge in [-0.1, -0.05) is 11.6 Å². The molecule has 0 aliphatic carbocycles. The van der Waals surface area contributed by atoms with Crippen LogP contribution >= 0.6 is 22.9 Å². The van der Waals surface area contributed by atoms with Crippen LogP contribution in [0.4, 0.5) is 15.6 Å². The Balaban J connectivity index is 2.22. The molecule has 0 aliphatic rings. The van der Waals surface area contributed by atoms with Crippen molar-refractivity contribution in [3.8, 4) is 5.75 Å². The fraction of sp³-hybridized carbons (Fsp3) is 0.353. The van der Waals surface area contributed by atoms with Crippen molar-refractivity contribution in [2.75, 3.05) is 17.9 Å². The lowest BCUT2D eigenvalue weighted by atomic mass is 10.2. The number of nitrogens with one attached hydrogen (secondary N) is 2. The molecule has 7 nitrogen and oxygen atoms in total. The zero-order chi connectivity index (χ0) is 19.3. The van der Waals surface area contributed by atoms with Gasteiger partial charge in [0.25, 0.3) is 0 Å². The molecule has 26 heavy (non-hydrogen) atoms. The molecule has 1 heterocycles. The minimum absolute atomic E-state index is 0.397. The van der Waals surface area contributed by atoms with Crippen molar-refractivity contribution >= 4 is 46.1 Å². The summed E-state index contributed by atoms with van der Waals surface area (Å²) in [5, 5.41) is 9.81. The largest absolute Gasteiger partial charge is 0.495 e. The van der Waals surface area contributed by atoms with Crippen LogP contribution in [0.5, 0.6) is 5.75 Å². The lowest BCUT2D eigenvalue weighted by molar-refractivity contribution is 0.0636. The van der Waals surface area contributed by atoms with E-state index >= 15 is 0 Å². The number of anilines is 2. The van der Waals surface area contributed by atoms with Crippen molar-refractivity contribution in [3.05, 3.63) is 33.8 Å². The van der Waals surface area contributed by atoms with E-state index in [4.69, 9.17) is 21.1 Å². The molecule has 0 bridgehead atoms. The average molecular weight is 397 g/mol. The summed E-state index contributed by atoms with van der Waals surface area (Å²) >= 11 is 7.63. The number of hydrogen-bond donors (Lipinski definition) is 2. The molecule has 1 aromatic heterocycles. The predicted molar refractivity (Wildman–Crippen MR) is 106 cm³/mol. The van der Waals surface area contributed by atoms with Gasteiger partial charge in [0.2, 0.25) is 5.13 Å². The quantitative estimate of drug-likeness (QED) is 0.554. The van der Waals surface area contributed by atoms with Gasteiger partial charge in [0.05, 0.1) is 29.7 Å². The summed E-state index contributed by atoms with van der Waals surface area (Å²) in [6.07, 6.45) is 0.953. The van der Waals surface area contributed by atoms with Gasteiger partial charge in [-0.25, -0.2) is 9.78 Å². The molecule has 9 heteroatoms. The summed E-state index contributed by atoms with van der Waals surface area (Å²) < 4.78 is 10.5. The Morgan fingerprint density at radius 1 is 1.38 bits per heavy atom. The lowest BCUT2D eigenvalue weighted by Gasteiger charge is -2.20. The number of amides is 1. The number of benzene rings is 1. The number of nitrogens with zero attached hydrogens (tertiary/aromatic N) is 2. The number of rotatable bonds is 5.